The zero-order valence-electron chi connectivity index (χ0n) is 15.2. The van der Waals surface area contributed by atoms with Crippen LogP contribution in [0.15, 0.2) is 53.4 Å². The number of fused-ring (bicyclic) bond motifs is 1. The van der Waals surface area contributed by atoms with Gasteiger partial charge in [-0.2, -0.15) is 0 Å². The van der Waals surface area contributed by atoms with E-state index in [1.54, 1.807) is 6.07 Å². The summed E-state index contributed by atoms with van der Waals surface area (Å²) in [5, 5.41) is 3.35. The van der Waals surface area contributed by atoms with E-state index < -0.39 is 0 Å². The number of nitrogens with zero attached hydrogens (tertiary/aromatic N) is 1. The maximum Gasteiger partial charge on any atom is 0.251 e. The number of hydrogen-bond acceptors (Lipinski definition) is 3. The van der Waals surface area contributed by atoms with E-state index in [4.69, 9.17) is 0 Å². The second kappa shape index (κ2) is 8.41. The van der Waals surface area contributed by atoms with Gasteiger partial charge in [-0.15, -0.1) is 11.8 Å². The first-order valence-corrected chi connectivity index (χ1v) is 9.84. The van der Waals surface area contributed by atoms with Crippen molar-refractivity contribution in [1.29, 1.82) is 0 Å². The molecule has 1 atom stereocenters. The smallest absolute Gasteiger partial charge is 0.251 e. The van der Waals surface area contributed by atoms with Gasteiger partial charge < -0.3 is 10.2 Å². The van der Waals surface area contributed by atoms with Crippen LogP contribution in [0.4, 0.5) is 5.69 Å². The number of rotatable bonds is 4. The summed E-state index contributed by atoms with van der Waals surface area (Å²) in [7, 11) is 0. The monoisotopic (exact) mass is 368 g/mol. The topological polar surface area (TPSA) is 49.4 Å². The molecule has 0 saturated heterocycles. The van der Waals surface area contributed by atoms with E-state index in [9.17, 15) is 9.59 Å². The van der Waals surface area contributed by atoms with Gasteiger partial charge in [-0.1, -0.05) is 37.3 Å². The van der Waals surface area contributed by atoms with Crippen LogP contribution in [-0.4, -0.2) is 30.2 Å². The minimum absolute atomic E-state index is 0.0530. The predicted octanol–water partition coefficient (Wildman–Crippen LogP) is 4.03. The van der Waals surface area contributed by atoms with E-state index >= 15 is 0 Å². The van der Waals surface area contributed by atoms with Gasteiger partial charge in [-0.05, 0) is 37.1 Å². The van der Waals surface area contributed by atoms with Crippen molar-refractivity contribution in [1.82, 2.24) is 5.32 Å². The van der Waals surface area contributed by atoms with E-state index in [1.165, 1.54) is 0 Å². The van der Waals surface area contributed by atoms with Gasteiger partial charge in [0.2, 0.25) is 5.91 Å². The van der Waals surface area contributed by atoms with Crippen molar-refractivity contribution in [3.8, 4) is 0 Å². The van der Waals surface area contributed by atoms with Crippen molar-refractivity contribution in [3.63, 3.8) is 0 Å². The first kappa shape index (κ1) is 18.5. The molecule has 0 bridgehead atoms. The normalized spacial score (nSPS) is 16.5. The van der Waals surface area contributed by atoms with Crippen LogP contribution >= 0.6 is 11.8 Å². The average molecular weight is 369 g/mol. The molecule has 0 saturated carbocycles. The molecule has 3 rings (SSSR count). The zero-order valence-corrected chi connectivity index (χ0v) is 16.0. The number of para-hydroxylation sites is 1. The lowest BCUT2D eigenvalue weighted by molar-refractivity contribution is -0.118. The van der Waals surface area contributed by atoms with E-state index in [1.807, 2.05) is 60.0 Å². The lowest BCUT2D eigenvalue weighted by Crippen LogP contribution is -2.35. The van der Waals surface area contributed by atoms with Crippen LogP contribution in [0.5, 0.6) is 0 Å². The van der Waals surface area contributed by atoms with E-state index in [2.05, 4.69) is 18.3 Å². The molecule has 1 unspecified atom stereocenters. The number of thioether (sulfide) groups is 1. The van der Waals surface area contributed by atoms with Crippen LogP contribution in [0.2, 0.25) is 0 Å². The summed E-state index contributed by atoms with van der Waals surface area (Å²) < 4.78 is 0. The Labute approximate surface area is 159 Å². The quantitative estimate of drug-likeness (QED) is 0.886. The molecular formula is C21H24N2O2S. The standard InChI is InChI=1S/C21H24N2O2S/c1-15-7-3-4-8-17(15)21(25)22-13-11-20(24)23-14-12-16(2)26-19-10-6-5-9-18(19)23/h3-10,16H,11-14H2,1-2H3,(H,22,25). The van der Waals surface area contributed by atoms with Crippen LogP contribution in [-0.2, 0) is 4.79 Å². The number of nitrogens with one attached hydrogen (secondary N) is 1. The van der Waals surface area contributed by atoms with Crippen molar-refractivity contribution >= 4 is 29.3 Å². The third-order valence-corrected chi connectivity index (χ3v) is 5.80. The molecule has 0 spiro atoms. The van der Waals surface area contributed by atoms with Crippen molar-refractivity contribution in [2.24, 2.45) is 0 Å². The van der Waals surface area contributed by atoms with Crippen LogP contribution in [0, 0.1) is 6.92 Å². The number of benzene rings is 2. The summed E-state index contributed by atoms with van der Waals surface area (Å²) in [6.07, 6.45) is 1.26. The summed E-state index contributed by atoms with van der Waals surface area (Å²) in [4.78, 5) is 28.1. The third kappa shape index (κ3) is 4.28. The number of aryl methyl sites for hydroxylation is 1. The zero-order chi connectivity index (χ0) is 18.5. The maximum atomic E-state index is 12.8. The van der Waals surface area contributed by atoms with Gasteiger partial charge in [0, 0.05) is 35.2 Å². The molecule has 2 aromatic rings. The number of carbonyl (C=O) groups excluding carboxylic acids is 2. The molecule has 4 nitrogen and oxygen atoms in total. The highest BCUT2D eigenvalue weighted by atomic mass is 32.2. The van der Waals surface area contributed by atoms with Gasteiger partial charge in [0.05, 0.1) is 5.69 Å². The van der Waals surface area contributed by atoms with Crippen molar-refractivity contribution in [2.45, 2.75) is 36.8 Å². The molecule has 26 heavy (non-hydrogen) atoms. The molecule has 2 aromatic carbocycles. The van der Waals surface area contributed by atoms with Gasteiger partial charge in [0.15, 0.2) is 0 Å². The molecule has 1 aliphatic heterocycles. The molecule has 0 aromatic heterocycles. The number of amides is 2. The summed E-state index contributed by atoms with van der Waals surface area (Å²) in [6.45, 7) is 5.16. The van der Waals surface area contributed by atoms with E-state index in [0.717, 1.165) is 29.1 Å². The molecule has 1 N–H and O–H groups in total. The molecule has 0 aliphatic carbocycles. The summed E-state index contributed by atoms with van der Waals surface area (Å²) >= 11 is 1.82. The molecular weight excluding hydrogens is 344 g/mol. The highest BCUT2D eigenvalue weighted by molar-refractivity contribution is 8.00. The van der Waals surface area contributed by atoms with Crippen molar-refractivity contribution in [3.05, 3.63) is 59.7 Å². The fourth-order valence-electron chi connectivity index (χ4n) is 3.09. The molecule has 2 amide bonds. The van der Waals surface area contributed by atoms with E-state index in [0.29, 0.717) is 23.8 Å². The highest BCUT2D eigenvalue weighted by Crippen LogP contribution is 2.37. The number of carbonyl (C=O) groups is 2. The minimum atomic E-state index is -0.128. The molecule has 136 valence electrons. The lowest BCUT2D eigenvalue weighted by Gasteiger charge is -2.22. The van der Waals surface area contributed by atoms with E-state index in [-0.39, 0.29) is 11.8 Å². The van der Waals surface area contributed by atoms with Crippen molar-refractivity contribution < 1.29 is 9.59 Å². The van der Waals surface area contributed by atoms with Crippen LogP contribution in [0.1, 0.15) is 35.7 Å². The summed E-state index contributed by atoms with van der Waals surface area (Å²) in [5.41, 5.74) is 2.58. The minimum Gasteiger partial charge on any atom is -0.352 e. The Morgan fingerprint density at radius 3 is 2.69 bits per heavy atom. The fraction of sp³-hybridized carbons (Fsp3) is 0.333. The predicted molar refractivity (Wildman–Crippen MR) is 107 cm³/mol. The van der Waals surface area contributed by atoms with Crippen LogP contribution < -0.4 is 10.2 Å². The second-order valence-electron chi connectivity index (χ2n) is 6.55. The Morgan fingerprint density at radius 2 is 1.88 bits per heavy atom. The van der Waals surface area contributed by atoms with Gasteiger partial charge in [-0.25, -0.2) is 0 Å². The van der Waals surface area contributed by atoms with Gasteiger partial charge in [0.25, 0.3) is 5.91 Å². The Kier molecular flexibility index (Phi) is 5.99. The molecule has 1 heterocycles. The Hall–Kier alpha value is -2.27. The lowest BCUT2D eigenvalue weighted by atomic mass is 10.1. The van der Waals surface area contributed by atoms with Crippen LogP contribution in [0.25, 0.3) is 0 Å². The Morgan fingerprint density at radius 1 is 1.15 bits per heavy atom. The Bertz CT molecular complexity index is 806. The third-order valence-electron chi connectivity index (χ3n) is 4.56. The molecule has 1 aliphatic rings. The SMILES string of the molecule is Cc1ccccc1C(=O)NCCC(=O)N1CCC(C)Sc2ccccc21. The van der Waals surface area contributed by atoms with Gasteiger partial charge in [0.1, 0.15) is 0 Å². The number of hydrogen-bond donors (Lipinski definition) is 1. The molecule has 0 radical (unpaired) electrons. The van der Waals surface area contributed by atoms with Crippen molar-refractivity contribution in [2.75, 3.05) is 18.0 Å². The second-order valence-corrected chi connectivity index (χ2v) is 8.03. The maximum absolute atomic E-state index is 12.8. The average Bonchev–Trinajstić information content (AvgIpc) is 2.80. The van der Waals surface area contributed by atoms with Crippen LogP contribution in [0.3, 0.4) is 0 Å². The molecule has 5 heteroatoms. The number of anilines is 1. The Balaban J connectivity index is 1.62. The summed E-state index contributed by atoms with van der Waals surface area (Å²) in [6, 6.07) is 15.5. The first-order chi connectivity index (χ1) is 12.6. The van der Waals surface area contributed by atoms with Gasteiger partial charge >= 0.3 is 0 Å². The largest absolute Gasteiger partial charge is 0.352 e. The molecule has 0 fully saturated rings. The summed E-state index contributed by atoms with van der Waals surface area (Å²) in [5.74, 6) is -0.0754. The first-order valence-electron chi connectivity index (χ1n) is 8.96. The highest BCUT2D eigenvalue weighted by Gasteiger charge is 2.23. The fourth-order valence-corrected chi connectivity index (χ4v) is 4.20. The van der Waals surface area contributed by atoms with Gasteiger partial charge in [-0.3, -0.25) is 9.59 Å².